The fraction of sp³-hybridized carbons (Fsp3) is 0.385. The van der Waals surface area contributed by atoms with Gasteiger partial charge in [-0.05, 0) is 39.1 Å². The third kappa shape index (κ3) is 5.20. The molecular formula is C26H32N4O3. The van der Waals surface area contributed by atoms with E-state index in [4.69, 9.17) is 9.26 Å². The summed E-state index contributed by atoms with van der Waals surface area (Å²) in [5.74, 6) is 1.28. The van der Waals surface area contributed by atoms with Gasteiger partial charge < -0.3 is 24.0 Å². The fourth-order valence-electron chi connectivity index (χ4n) is 4.19. The molecule has 7 heteroatoms. The SMILES string of the molecule is COc1ccccc1C(=O)N(CCN(C)C)Cc1c(-c2ccccc2)noc1N1CCCC1. The van der Waals surface area contributed by atoms with Crippen molar-refractivity contribution in [1.82, 2.24) is 15.0 Å². The first kappa shape index (κ1) is 22.9. The van der Waals surface area contributed by atoms with Crippen LogP contribution in [0.15, 0.2) is 59.1 Å². The van der Waals surface area contributed by atoms with Crippen LogP contribution in [0.25, 0.3) is 11.3 Å². The number of hydrogen-bond acceptors (Lipinski definition) is 6. The third-order valence-electron chi connectivity index (χ3n) is 6.00. The molecule has 0 N–H and O–H groups in total. The summed E-state index contributed by atoms with van der Waals surface area (Å²) in [7, 11) is 5.61. The van der Waals surface area contributed by atoms with Crippen molar-refractivity contribution in [3.63, 3.8) is 0 Å². The quantitative estimate of drug-likeness (QED) is 0.490. The zero-order valence-electron chi connectivity index (χ0n) is 19.7. The molecule has 2 aromatic carbocycles. The largest absolute Gasteiger partial charge is 0.496 e. The summed E-state index contributed by atoms with van der Waals surface area (Å²) >= 11 is 0. The van der Waals surface area contributed by atoms with Gasteiger partial charge in [0.1, 0.15) is 11.4 Å². The van der Waals surface area contributed by atoms with Crippen molar-refractivity contribution in [2.45, 2.75) is 19.4 Å². The van der Waals surface area contributed by atoms with Crippen molar-refractivity contribution in [2.24, 2.45) is 0 Å². The molecule has 174 valence electrons. The van der Waals surface area contributed by atoms with E-state index < -0.39 is 0 Å². The van der Waals surface area contributed by atoms with Crippen molar-refractivity contribution < 1.29 is 14.1 Å². The monoisotopic (exact) mass is 448 g/mol. The average molecular weight is 449 g/mol. The molecule has 0 saturated carbocycles. The summed E-state index contributed by atoms with van der Waals surface area (Å²) < 4.78 is 11.4. The number of benzene rings is 2. The van der Waals surface area contributed by atoms with Crippen LogP contribution in [0.4, 0.5) is 5.88 Å². The van der Waals surface area contributed by atoms with Crippen LogP contribution in [-0.4, -0.2) is 68.2 Å². The molecule has 0 bridgehead atoms. The molecule has 1 aromatic heterocycles. The summed E-state index contributed by atoms with van der Waals surface area (Å²) in [6, 6.07) is 17.4. The van der Waals surface area contributed by atoms with Crippen LogP contribution in [0.1, 0.15) is 28.8 Å². The molecule has 1 amide bonds. The highest BCUT2D eigenvalue weighted by atomic mass is 16.5. The number of carbonyl (C=O) groups is 1. The second kappa shape index (κ2) is 10.5. The average Bonchev–Trinajstić information content (AvgIpc) is 3.51. The maximum atomic E-state index is 13.7. The summed E-state index contributed by atoms with van der Waals surface area (Å²) in [4.78, 5) is 19.9. The zero-order valence-corrected chi connectivity index (χ0v) is 19.7. The summed E-state index contributed by atoms with van der Waals surface area (Å²) in [5.41, 5.74) is 3.28. The molecule has 0 unspecified atom stereocenters. The summed E-state index contributed by atoms with van der Waals surface area (Å²) in [5, 5.41) is 4.46. The van der Waals surface area contributed by atoms with Crippen molar-refractivity contribution >= 4 is 11.8 Å². The first-order valence-corrected chi connectivity index (χ1v) is 11.4. The lowest BCUT2D eigenvalue weighted by Gasteiger charge is -2.26. The van der Waals surface area contributed by atoms with Gasteiger partial charge in [-0.1, -0.05) is 47.6 Å². The Hall–Kier alpha value is -3.32. The van der Waals surface area contributed by atoms with Gasteiger partial charge in [-0.15, -0.1) is 0 Å². The maximum absolute atomic E-state index is 13.7. The van der Waals surface area contributed by atoms with E-state index in [-0.39, 0.29) is 5.91 Å². The van der Waals surface area contributed by atoms with Crippen LogP contribution >= 0.6 is 0 Å². The van der Waals surface area contributed by atoms with E-state index in [0.29, 0.717) is 24.4 Å². The summed E-state index contributed by atoms with van der Waals surface area (Å²) in [6.45, 7) is 3.60. The number of hydrogen-bond donors (Lipinski definition) is 0. The Balaban J connectivity index is 1.73. The highest BCUT2D eigenvalue weighted by Gasteiger charge is 2.28. The van der Waals surface area contributed by atoms with E-state index in [0.717, 1.165) is 55.2 Å². The lowest BCUT2D eigenvalue weighted by Crippen LogP contribution is -2.37. The minimum atomic E-state index is -0.0677. The van der Waals surface area contributed by atoms with E-state index in [1.165, 1.54) is 0 Å². The second-order valence-corrected chi connectivity index (χ2v) is 8.61. The van der Waals surface area contributed by atoms with Gasteiger partial charge in [0, 0.05) is 31.7 Å². The van der Waals surface area contributed by atoms with Crippen LogP contribution < -0.4 is 9.64 Å². The Morgan fingerprint density at radius 1 is 1.03 bits per heavy atom. The minimum absolute atomic E-state index is 0.0677. The molecule has 3 aromatic rings. The van der Waals surface area contributed by atoms with E-state index >= 15 is 0 Å². The molecule has 7 nitrogen and oxygen atoms in total. The van der Waals surface area contributed by atoms with Crippen molar-refractivity contribution in [1.29, 1.82) is 0 Å². The van der Waals surface area contributed by atoms with Crippen LogP contribution in [0.3, 0.4) is 0 Å². The van der Waals surface area contributed by atoms with Gasteiger partial charge in [0.2, 0.25) is 5.88 Å². The standard InChI is InChI=1S/C26H32N4O3/c1-28(2)17-18-30(25(31)21-13-7-8-14-23(21)32-3)19-22-24(20-11-5-4-6-12-20)27-33-26(22)29-15-9-10-16-29/h4-8,11-14H,9-10,15-19H2,1-3H3. The minimum Gasteiger partial charge on any atom is -0.496 e. The van der Waals surface area contributed by atoms with Gasteiger partial charge in [-0.2, -0.15) is 0 Å². The number of anilines is 1. The molecule has 1 aliphatic rings. The Kier molecular flexibility index (Phi) is 7.29. The Morgan fingerprint density at radius 3 is 2.42 bits per heavy atom. The normalized spacial score (nSPS) is 13.5. The Labute approximate surface area is 195 Å². The third-order valence-corrected chi connectivity index (χ3v) is 6.00. The van der Waals surface area contributed by atoms with Gasteiger partial charge in [0.15, 0.2) is 0 Å². The van der Waals surface area contributed by atoms with Crippen LogP contribution in [0.5, 0.6) is 5.75 Å². The second-order valence-electron chi connectivity index (χ2n) is 8.61. The number of nitrogens with zero attached hydrogens (tertiary/aromatic N) is 4. The predicted molar refractivity (Wildman–Crippen MR) is 130 cm³/mol. The van der Waals surface area contributed by atoms with Gasteiger partial charge in [-0.3, -0.25) is 4.79 Å². The highest BCUT2D eigenvalue weighted by Crippen LogP contribution is 2.34. The molecule has 1 aliphatic heterocycles. The maximum Gasteiger partial charge on any atom is 0.257 e. The van der Waals surface area contributed by atoms with E-state index in [9.17, 15) is 4.79 Å². The first-order chi connectivity index (χ1) is 16.1. The lowest BCUT2D eigenvalue weighted by molar-refractivity contribution is 0.0729. The molecule has 1 saturated heterocycles. The van der Waals surface area contributed by atoms with Gasteiger partial charge in [0.05, 0.1) is 24.8 Å². The fourth-order valence-corrected chi connectivity index (χ4v) is 4.19. The van der Waals surface area contributed by atoms with E-state index in [1.807, 2.05) is 73.6 Å². The van der Waals surface area contributed by atoms with Gasteiger partial charge in [-0.25, -0.2) is 0 Å². The number of ether oxygens (including phenoxy) is 1. The first-order valence-electron chi connectivity index (χ1n) is 11.4. The highest BCUT2D eigenvalue weighted by molar-refractivity contribution is 5.97. The number of methoxy groups -OCH3 is 1. The molecule has 1 fully saturated rings. The molecule has 0 radical (unpaired) electrons. The summed E-state index contributed by atoms with van der Waals surface area (Å²) in [6.07, 6.45) is 2.26. The molecular weight excluding hydrogens is 416 g/mol. The van der Waals surface area contributed by atoms with Crippen molar-refractivity contribution in [3.8, 4) is 17.0 Å². The zero-order chi connectivity index (χ0) is 23.2. The number of rotatable bonds is 9. The number of carbonyl (C=O) groups excluding carboxylic acids is 1. The van der Waals surface area contributed by atoms with Crippen molar-refractivity contribution in [2.75, 3.05) is 52.3 Å². The number of para-hydroxylation sites is 1. The molecule has 2 heterocycles. The Morgan fingerprint density at radius 2 is 1.73 bits per heavy atom. The van der Waals surface area contributed by atoms with Crippen LogP contribution in [0, 0.1) is 0 Å². The molecule has 0 aliphatic carbocycles. The number of amides is 1. The van der Waals surface area contributed by atoms with E-state index in [1.54, 1.807) is 7.11 Å². The van der Waals surface area contributed by atoms with Gasteiger partial charge in [0.25, 0.3) is 5.91 Å². The van der Waals surface area contributed by atoms with Crippen LogP contribution in [-0.2, 0) is 6.54 Å². The van der Waals surface area contributed by atoms with Gasteiger partial charge >= 0.3 is 0 Å². The molecule has 33 heavy (non-hydrogen) atoms. The Bertz CT molecular complexity index is 1060. The smallest absolute Gasteiger partial charge is 0.257 e. The predicted octanol–water partition coefficient (Wildman–Crippen LogP) is 4.15. The van der Waals surface area contributed by atoms with E-state index in [2.05, 4.69) is 15.0 Å². The molecule has 0 atom stereocenters. The molecule has 4 rings (SSSR count). The molecule has 0 spiro atoms. The topological polar surface area (TPSA) is 62.1 Å². The number of likely N-dealkylation sites (N-methyl/N-ethyl adjacent to an activating group) is 1. The van der Waals surface area contributed by atoms with Crippen LogP contribution in [0.2, 0.25) is 0 Å². The number of aromatic nitrogens is 1. The lowest BCUT2D eigenvalue weighted by atomic mass is 10.1. The van der Waals surface area contributed by atoms with Crippen molar-refractivity contribution in [3.05, 3.63) is 65.7 Å².